The molecule has 0 saturated heterocycles. The third kappa shape index (κ3) is 6.87. The Balaban J connectivity index is 2.66. The second kappa shape index (κ2) is 9.57. The van der Waals surface area contributed by atoms with Crippen LogP contribution in [0.2, 0.25) is 0 Å². The smallest absolute Gasteiger partial charge is 0.383 e. The highest BCUT2D eigenvalue weighted by Crippen LogP contribution is 2.39. The zero-order chi connectivity index (χ0) is 19.0. The maximum absolute atomic E-state index is 12.0. The monoisotopic (exact) mass is 387 g/mol. The van der Waals surface area contributed by atoms with Gasteiger partial charge in [-0.15, -0.1) is 0 Å². The number of hydrogen-bond donors (Lipinski definition) is 1. The Labute approximate surface area is 154 Å². The number of carbonyl (C=O) groups excluding carboxylic acids is 3. The molecule has 0 aliphatic heterocycles. The highest BCUT2D eigenvalue weighted by atomic mass is 33.1. The Morgan fingerprint density at radius 1 is 1.08 bits per heavy atom. The molecular weight excluding hydrogens is 366 g/mol. The highest BCUT2D eigenvalue weighted by molar-refractivity contribution is 8.82. The van der Waals surface area contributed by atoms with Gasteiger partial charge in [0.25, 0.3) is 0 Å². The third-order valence-corrected chi connectivity index (χ3v) is 5.98. The molecule has 1 amide bonds. The van der Waals surface area contributed by atoms with Crippen molar-refractivity contribution in [1.82, 2.24) is 5.32 Å². The number of hydrogen-bond acceptors (Lipinski definition) is 8. The number of ether oxygens (including phenoxy) is 3. The summed E-state index contributed by atoms with van der Waals surface area (Å²) < 4.78 is 14.1. The zero-order valence-corrected chi connectivity index (χ0v) is 16.3. The van der Waals surface area contributed by atoms with Crippen LogP contribution in [0.1, 0.15) is 20.8 Å². The quantitative estimate of drug-likeness (QED) is 0.564. The van der Waals surface area contributed by atoms with E-state index in [9.17, 15) is 14.4 Å². The van der Waals surface area contributed by atoms with Crippen LogP contribution >= 0.6 is 21.6 Å². The van der Waals surface area contributed by atoms with Crippen molar-refractivity contribution in [2.75, 3.05) is 14.2 Å². The normalized spacial score (nSPS) is 12.0. The largest absolute Gasteiger partial charge is 0.497 e. The van der Waals surface area contributed by atoms with E-state index in [-0.39, 0.29) is 5.91 Å². The first-order chi connectivity index (χ1) is 11.7. The van der Waals surface area contributed by atoms with Gasteiger partial charge in [-0.25, -0.2) is 9.59 Å². The molecule has 0 heterocycles. The van der Waals surface area contributed by atoms with Crippen molar-refractivity contribution in [3.05, 3.63) is 24.3 Å². The molecule has 0 radical (unpaired) electrons. The van der Waals surface area contributed by atoms with E-state index in [1.807, 2.05) is 0 Å². The van der Waals surface area contributed by atoms with Gasteiger partial charge in [0, 0.05) is 17.7 Å². The number of amides is 1. The minimum atomic E-state index is -0.902. The molecule has 0 fully saturated rings. The van der Waals surface area contributed by atoms with E-state index in [1.54, 1.807) is 45.2 Å². The first-order valence-corrected chi connectivity index (χ1v) is 9.41. The Hall–Kier alpha value is -1.87. The average Bonchev–Trinajstić information content (AvgIpc) is 2.57. The second-order valence-electron chi connectivity index (χ2n) is 5.45. The summed E-state index contributed by atoms with van der Waals surface area (Å²) in [6.07, 6.45) is 0. The van der Waals surface area contributed by atoms with Gasteiger partial charge < -0.3 is 19.5 Å². The molecule has 0 saturated carbocycles. The maximum Gasteiger partial charge on any atom is 0.383 e. The molecule has 25 heavy (non-hydrogen) atoms. The molecule has 1 atom stereocenters. The minimum absolute atomic E-state index is 0.366. The van der Waals surface area contributed by atoms with Crippen molar-refractivity contribution in [1.29, 1.82) is 0 Å². The molecule has 0 aliphatic rings. The number of nitrogens with one attached hydrogen (secondary N) is 1. The van der Waals surface area contributed by atoms with Gasteiger partial charge in [0.1, 0.15) is 17.5 Å². The molecule has 0 aliphatic carbocycles. The molecular formula is C16H21NO6S2. The van der Waals surface area contributed by atoms with Gasteiger partial charge in [-0.05, 0) is 38.1 Å². The van der Waals surface area contributed by atoms with E-state index in [0.717, 1.165) is 21.6 Å². The van der Waals surface area contributed by atoms with Crippen molar-refractivity contribution in [3.8, 4) is 11.5 Å². The summed E-state index contributed by atoms with van der Waals surface area (Å²) in [6.45, 7) is 4.76. The van der Waals surface area contributed by atoms with Crippen LogP contribution in [0.4, 0.5) is 4.79 Å². The lowest BCUT2D eigenvalue weighted by Crippen LogP contribution is -2.52. The Morgan fingerprint density at radius 3 is 2.12 bits per heavy atom. The van der Waals surface area contributed by atoms with Gasteiger partial charge in [0.15, 0.2) is 0 Å². The summed E-state index contributed by atoms with van der Waals surface area (Å²) in [5.41, 5.74) is 0. The van der Waals surface area contributed by atoms with Crippen LogP contribution in [-0.4, -0.2) is 42.2 Å². The molecule has 7 nitrogen and oxygen atoms in total. The van der Waals surface area contributed by atoms with E-state index in [4.69, 9.17) is 14.2 Å². The topological polar surface area (TPSA) is 90.9 Å². The van der Waals surface area contributed by atoms with Crippen LogP contribution in [0, 0.1) is 0 Å². The third-order valence-electron chi connectivity index (χ3n) is 3.06. The fourth-order valence-electron chi connectivity index (χ4n) is 1.78. The van der Waals surface area contributed by atoms with Crippen molar-refractivity contribution in [3.63, 3.8) is 0 Å². The molecule has 0 bridgehead atoms. The van der Waals surface area contributed by atoms with Gasteiger partial charge >= 0.3 is 11.3 Å². The summed E-state index contributed by atoms with van der Waals surface area (Å²) in [5.74, 6) is 0.0778. The lowest BCUT2D eigenvalue weighted by atomic mass is 10.0. The highest BCUT2D eigenvalue weighted by Gasteiger charge is 2.38. The zero-order valence-electron chi connectivity index (χ0n) is 14.7. The summed E-state index contributed by atoms with van der Waals surface area (Å²) in [4.78, 5) is 35.2. The van der Waals surface area contributed by atoms with Crippen LogP contribution in [0.3, 0.4) is 0 Å². The van der Waals surface area contributed by atoms with Gasteiger partial charge in [0.05, 0.1) is 19.0 Å². The molecule has 1 aromatic rings. The molecule has 1 rings (SSSR count). The molecule has 1 unspecified atom stereocenters. The fraction of sp³-hybridized carbons (Fsp3) is 0.438. The van der Waals surface area contributed by atoms with E-state index >= 15 is 0 Å². The molecule has 138 valence electrons. The van der Waals surface area contributed by atoms with Crippen molar-refractivity contribution < 1.29 is 28.6 Å². The summed E-state index contributed by atoms with van der Waals surface area (Å²) in [6, 6.07) is 5.67. The Kier molecular flexibility index (Phi) is 8.11. The number of esters is 1. The van der Waals surface area contributed by atoms with Crippen LogP contribution in [0.5, 0.6) is 11.5 Å². The van der Waals surface area contributed by atoms with Crippen molar-refractivity contribution in [2.45, 2.75) is 31.6 Å². The average molecular weight is 387 g/mol. The van der Waals surface area contributed by atoms with Crippen LogP contribution in [0.15, 0.2) is 24.3 Å². The maximum atomic E-state index is 12.0. The van der Waals surface area contributed by atoms with Crippen LogP contribution in [0.25, 0.3) is 0 Å². The standard InChI is InChI=1S/C16H21NO6S2/c1-10(18)17-13(14(19)22-5)16(2,3)25-24-15(20)23-12-8-6-11(21-4)7-9-12/h6-9,13H,1-5H3,(H,17,18). The van der Waals surface area contributed by atoms with E-state index < -0.39 is 22.1 Å². The van der Waals surface area contributed by atoms with Gasteiger partial charge in [-0.3, -0.25) is 4.79 Å². The van der Waals surface area contributed by atoms with Crippen LogP contribution in [-0.2, 0) is 14.3 Å². The number of methoxy groups -OCH3 is 2. The molecule has 0 aromatic heterocycles. The number of rotatable bonds is 7. The van der Waals surface area contributed by atoms with E-state index in [2.05, 4.69) is 5.32 Å². The Bertz CT molecular complexity index is 618. The van der Waals surface area contributed by atoms with Gasteiger partial charge in [-0.2, -0.15) is 0 Å². The number of carbonyl (C=O) groups is 3. The second-order valence-corrected chi connectivity index (χ2v) is 8.17. The fourth-order valence-corrected chi connectivity index (χ4v) is 3.69. The summed E-state index contributed by atoms with van der Waals surface area (Å²) in [5, 5.41) is 2.00. The van der Waals surface area contributed by atoms with Crippen molar-refractivity contribution >= 4 is 38.8 Å². The van der Waals surface area contributed by atoms with Gasteiger partial charge in [-0.1, -0.05) is 10.8 Å². The van der Waals surface area contributed by atoms with E-state index in [1.165, 1.54) is 14.0 Å². The first kappa shape index (κ1) is 21.2. The summed E-state index contributed by atoms with van der Waals surface area (Å²) in [7, 11) is 4.73. The lowest BCUT2D eigenvalue weighted by molar-refractivity contribution is -0.145. The molecule has 1 aromatic carbocycles. The lowest BCUT2D eigenvalue weighted by Gasteiger charge is -2.30. The molecule has 0 spiro atoms. The van der Waals surface area contributed by atoms with Crippen LogP contribution < -0.4 is 14.8 Å². The summed E-state index contributed by atoms with van der Waals surface area (Å²) >= 11 is 0. The van der Waals surface area contributed by atoms with Gasteiger partial charge in [0.2, 0.25) is 5.91 Å². The predicted octanol–water partition coefficient (Wildman–Crippen LogP) is 3.03. The molecule has 9 heteroatoms. The number of benzene rings is 1. The first-order valence-electron chi connectivity index (χ1n) is 7.26. The Morgan fingerprint density at radius 2 is 1.64 bits per heavy atom. The van der Waals surface area contributed by atoms with E-state index in [0.29, 0.717) is 11.5 Å². The minimum Gasteiger partial charge on any atom is -0.497 e. The molecule has 1 N–H and O–H groups in total. The predicted molar refractivity (Wildman–Crippen MR) is 97.9 cm³/mol. The SMILES string of the molecule is COC(=O)C(NC(C)=O)C(C)(C)SSC(=O)Oc1ccc(OC)cc1. The van der Waals surface area contributed by atoms with Crippen molar-refractivity contribution in [2.24, 2.45) is 0 Å².